The Balaban J connectivity index is 1.21. The predicted octanol–water partition coefficient (Wildman–Crippen LogP) is 5.15. The molecule has 0 N–H and O–H groups in total. The minimum absolute atomic E-state index is 0.265. The first kappa shape index (κ1) is 21.6. The molecule has 2 aliphatic heterocycles. The number of hydrogen-bond donors (Lipinski definition) is 0. The van der Waals surface area contributed by atoms with Crippen LogP contribution < -0.4 is 4.90 Å². The van der Waals surface area contributed by atoms with E-state index in [2.05, 4.69) is 44.6 Å². The van der Waals surface area contributed by atoms with Gasteiger partial charge in [-0.2, -0.15) is 5.10 Å². The number of aldehydes is 1. The molecule has 0 spiro atoms. The number of anilines is 1. The third kappa shape index (κ3) is 3.87. The maximum absolute atomic E-state index is 13.4. The van der Waals surface area contributed by atoms with E-state index in [-0.39, 0.29) is 5.82 Å². The first-order chi connectivity index (χ1) is 16.6. The lowest BCUT2D eigenvalue weighted by Gasteiger charge is -2.42. The Morgan fingerprint density at radius 2 is 1.71 bits per heavy atom. The van der Waals surface area contributed by atoms with Gasteiger partial charge in [-0.15, -0.1) is 0 Å². The van der Waals surface area contributed by atoms with E-state index in [1.807, 2.05) is 10.9 Å². The molecule has 34 heavy (non-hydrogen) atoms. The molecule has 0 saturated carbocycles. The third-order valence-electron chi connectivity index (χ3n) is 7.27. The fourth-order valence-electron chi connectivity index (χ4n) is 5.42. The second kappa shape index (κ2) is 8.71. The topological polar surface area (TPSA) is 41.4 Å². The van der Waals surface area contributed by atoms with Crippen LogP contribution in [-0.4, -0.2) is 46.6 Å². The molecule has 3 aromatic rings. The van der Waals surface area contributed by atoms with Gasteiger partial charge in [-0.3, -0.25) is 0 Å². The number of carbonyl (C=O) groups is 1. The van der Waals surface area contributed by atoms with Crippen molar-refractivity contribution in [2.24, 2.45) is 5.41 Å². The number of aromatic nitrogens is 2. The number of benzene rings is 2. The number of nitrogens with zero attached hydrogens (tertiary/aromatic N) is 4. The summed E-state index contributed by atoms with van der Waals surface area (Å²) in [6.45, 7) is 3.87. The van der Waals surface area contributed by atoms with E-state index in [0.717, 1.165) is 49.3 Å². The highest BCUT2D eigenvalue weighted by Gasteiger charge is 2.43. The van der Waals surface area contributed by atoms with Gasteiger partial charge in [0.25, 0.3) is 0 Å². The average molecular weight is 475 g/mol. The minimum Gasteiger partial charge on any atom is -0.372 e. The van der Waals surface area contributed by atoms with Crippen molar-refractivity contribution < 1.29 is 9.18 Å². The fraction of sp³-hybridized carbons (Fsp3) is 0.333. The molecule has 0 bridgehead atoms. The summed E-state index contributed by atoms with van der Waals surface area (Å²) in [5.41, 5.74) is 4.82. The summed E-state index contributed by atoms with van der Waals surface area (Å²) in [7, 11) is 0. The van der Waals surface area contributed by atoms with Crippen LogP contribution in [0.15, 0.2) is 65.2 Å². The summed E-state index contributed by atoms with van der Waals surface area (Å²) in [4.78, 5) is 16.1. The van der Waals surface area contributed by atoms with Crippen LogP contribution in [0.3, 0.4) is 0 Å². The molecule has 1 aromatic heterocycles. The van der Waals surface area contributed by atoms with E-state index in [0.29, 0.717) is 13.0 Å². The van der Waals surface area contributed by atoms with Crippen LogP contribution in [0, 0.1) is 11.2 Å². The lowest BCUT2D eigenvalue weighted by molar-refractivity contribution is -0.115. The van der Waals surface area contributed by atoms with Crippen LogP contribution in [0.1, 0.15) is 30.5 Å². The van der Waals surface area contributed by atoms with Crippen molar-refractivity contribution in [3.63, 3.8) is 0 Å². The van der Waals surface area contributed by atoms with Crippen LogP contribution in [0.2, 0.25) is 0 Å². The monoisotopic (exact) mass is 474 g/mol. The largest absolute Gasteiger partial charge is 0.372 e. The Morgan fingerprint density at radius 3 is 2.44 bits per heavy atom. The van der Waals surface area contributed by atoms with Crippen molar-refractivity contribution >= 4 is 30.0 Å². The smallest absolute Gasteiger partial charge is 0.131 e. The quantitative estimate of drug-likeness (QED) is 0.378. The van der Waals surface area contributed by atoms with Gasteiger partial charge in [0.15, 0.2) is 0 Å². The Hall–Kier alpha value is -2.90. The molecule has 1 aliphatic carbocycles. The van der Waals surface area contributed by atoms with E-state index in [9.17, 15) is 9.18 Å². The minimum atomic E-state index is -0.523. The Morgan fingerprint density at radius 1 is 0.971 bits per heavy atom. The van der Waals surface area contributed by atoms with Crippen molar-refractivity contribution in [1.82, 2.24) is 14.1 Å². The molecule has 6 rings (SSSR count). The second-order valence-corrected chi connectivity index (χ2v) is 10.6. The van der Waals surface area contributed by atoms with Gasteiger partial charge < -0.3 is 9.69 Å². The maximum Gasteiger partial charge on any atom is 0.131 e. The van der Waals surface area contributed by atoms with Gasteiger partial charge in [0.2, 0.25) is 0 Å². The van der Waals surface area contributed by atoms with Gasteiger partial charge in [-0.25, -0.2) is 13.4 Å². The molecular weight excluding hydrogens is 447 g/mol. The summed E-state index contributed by atoms with van der Waals surface area (Å²) in [6.07, 6.45) is 9.16. The molecule has 3 heterocycles. The Bertz CT molecular complexity index is 1230. The van der Waals surface area contributed by atoms with Crippen molar-refractivity contribution in [3.8, 4) is 5.69 Å². The van der Waals surface area contributed by atoms with Crippen molar-refractivity contribution in [2.45, 2.75) is 30.6 Å². The number of halogens is 1. The molecule has 0 radical (unpaired) electrons. The zero-order chi connectivity index (χ0) is 23.1. The van der Waals surface area contributed by atoms with E-state index in [1.165, 1.54) is 41.1 Å². The van der Waals surface area contributed by atoms with Crippen LogP contribution in [0.5, 0.6) is 0 Å². The molecule has 2 fully saturated rings. The molecule has 2 saturated heterocycles. The van der Waals surface area contributed by atoms with Gasteiger partial charge >= 0.3 is 0 Å². The third-order valence-corrected chi connectivity index (χ3v) is 8.32. The highest BCUT2D eigenvalue weighted by atomic mass is 32.2. The lowest BCUT2D eigenvalue weighted by Crippen LogP contribution is -2.45. The van der Waals surface area contributed by atoms with E-state index >= 15 is 0 Å². The second-order valence-electron chi connectivity index (χ2n) is 9.46. The van der Waals surface area contributed by atoms with E-state index in [4.69, 9.17) is 0 Å². The van der Waals surface area contributed by atoms with Gasteiger partial charge in [0.1, 0.15) is 12.1 Å². The standard InChI is InChI=1S/C27H27FN4OS/c28-22-3-5-24(6-4-22)32-26-15-21-11-14-31(18-27(21,19-33)16-20(26)17-29-32)34-25-9-7-23(8-10-25)30-12-1-2-13-30/h3-10,15,17,19H,1-2,11-14,16,18H2. The number of hydrogen-bond acceptors (Lipinski definition) is 5. The van der Waals surface area contributed by atoms with E-state index < -0.39 is 5.41 Å². The van der Waals surface area contributed by atoms with Crippen molar-refractivity contribution in [2.75, 3.05) is 31.1 Å². The summed E-state index contributed by atoms with van der Waals surface area (Å²) >= 11 is 1.74. The molecular formula is C27H27FN4OS. The zero-order valence-corrected chi connectivity index (χ0v) is 19.8. The lowest BCUT2D eigenvalue weighted by atomic mass is 9.70. The normalized spacial score (nSPS) is 22.3. The molecule has 2 aromatic carbocycles. The summed E-state index contributed by atoms with van der Waals surface area (Å²) in [5.74, 6) is -0.265. The Kier molecular flexibility index (Phi) is 5.54. The summed E-state index contributed by atoms with van der Waals surface area (Å²) in [6, 6.07) is 15.2. The molecule has 0 amide bonds. The molecule has 1 atom stereocenters. The molecule has 174 valence electrons. The number of rotatable bonds is 5. The average Bonchev–Trinajstić information content (AvgIpc) is 3.54. The van der Waals surface area contributed by atoms with E-state index in [1.54, 1.807) is 24.1 Å². The molecule has 3 aliphatic rings. The highest BCUT2D eigenvalue weighted by molar-refractivity contribution is 7.97. The van der Waals surface area contributed by atoms with Crippen LogP contribution in [0.4, 0.5) is 10.1 Å². The van der Waals surface area contributed by atoms with Crippen LogP contribution in [-0.2, 0) is 11.2 Å². The SMILES string of the molecule is O=CC12Cc3cnn(-c4ccc(F)cc4)c3C=C1CCN(Sc1ccc(N3CCCC3)cc1)C2. The highest BCUT2D eigenvalue weighted by Crippen LogP contribution is 2.45. The molecule has 7 heteroatoms. The number of piperidine rings is 1. The van der Waals surface area contributed by atoms with Crippen LogP contribution >= 0.6 is 11.9 Å². The van der Waals surface area contributed by atoms with Gasteiger partial charge in [0.05, 0.1) is 23.0 Å². The number of carbonyl (C=O) groups excluding carboxylic acids is 1. The van der Waals surface area contributed by atoms with Gasteiger partial charge in [-0.05, 0) is 97.8 Å². The molecule has 5 nitrogen and oxygen atoms in total. The van der Waals surface area contributed by atoms with Gasteiger partial charge in [0, 0.05) is 36.8 Å². The van der Waals surface area contributed by atoms with Gasteiger partial charge in [-0.1, -0.05) is 5.57 Å². The number of fused-ring (bicyclic) bond motifs is 2. The fourth-order valence-corrected chi connectivity index (χ4v) is 6.46. The molecule has 1 unspecified atom stereocenters. The Labute approximate surface area is 203 Å². The maximum atomic E-state index is 13.4. The first-order valence-corrected chi connectivity index (χ1v) is 12.7. The summed E-state index contributed by atoms with van der Waals surface area (Å²) < 4.78 is 17.6. The van der Waals surface area contributed by atoms with Crippen molar-refractivity contribution in [3.05, 3.63) is 77.4 Å². The zero-order valence-electron chi connectivity index (χ0n) is 19.0. The summed E-state index contributed by atoms with van der Waals surface area (Å²) in [5, 5.41) is 4.56. The first-order valence-electron chi connectivity index (χ1n) is 11.9. The van der Waals surface area contributed by atoms with Crippen molar-refractivity contribution in [1.29, 1.82) is 0 Å². The predicted molar refractivity (Wildman–Crippen MR) is 134 cm³/mol. The van der Waals surface area contributed by atoms with Crippen LogP contribution in [0.25, 0.3) is 11.8 Å².